The molecule has 0 amide bonds. The molecule has 0 aromatic heterocycles. The Labute approximate surface area is 97.9 Å². The Kier molecular flexibility index (Phi) is 1.08. The van der Waals surface area contributed by atoms with Gasteiger partial charge < -0.3 is 4.74 Å². The van der Waals surface area contributed by atoms with Crippen LogP contribution < -0.4 is 0 Å². The highest BCUT2D eigenvalue weighted by Gasteiger charge is 2.98. The molecule has 16 heavy (non-hydrogen) atoms. The lowest BCUT2D eigenvalue weighted by Crippen LogP contribution is -2.33. The van der Waals surface area contributed by atoms with Gasteiger partial charge in [0.05, 0.1) is 12.2 Å². The van der Waals surface area contributed by atoms with Crippen molar-refractivity contribution in [1.82, 2.24) is 0 Å². The molecule has 1 heterocycles. The van der Waals surface area contributed by atoms with Crippen LogP contribution in [0.3, 0.4) is 0 Å². The van der Waals surface area contributed by atoms with Crippen molar-refractivity contribution in [2.24, 2.45) is 39.9 Å². The highest BCUT2D eigenvalue weighted by atomic mass is 16.6. The summed E-state index contributed by atoms with van der Waals surface area (Å²) in [6.45, 7) is 10.2. The van der Waals surface area contributed by atoms with Crippen molar-refractivity contribution in [2.45, 2.75) is 52.7 Å². The summed E-state index contributed by atoms with van der Waals surface area (Å²) in [6, 6.07) is 0. The van der Waals surface area contributed by atoms with Crippen LogP contribution in [-0.2, 0) is 4.74 Å². The topological polar surface area (TPSA) is 12.5 Å². The number of fused-ring (bicyclic) bond motifs is 3. The number of hydrogen-bond acceptors (Lipinski definition) is 1. The number of epoxide rings is 1. The summed E-state index contributed by atoms with van der Waals surface area (Å²) in [5.74, 6) is 3.79. The lowest BCUT2D eigenvalue weighted by atomic mass is 9.69. The number of rotatable bonds is 0. The van der Waals surface area contributed by atoms with E-state index in [9.17, 15) is 0 Å². The van der Waals surface area contributed by atoms with Gasteiger partial charge >= 0.3 is 0 Å². The maximum atomic E-state index is 5.99. The molecule has 88 valence electrons. The molecule has 4 saturated carbocycles. The van der Waals surface area contributed by atoms with Gasteiger partial charge in [-0.3, -0.25) is 0 Å². The van der Waals surface area contributed by atoms with Gasteiger partial charge in [-0.05, 0) is 46.8 Å². The van der Waals surface area contributed by atoms with Gasteiger partial charge in [-0.1, -0.05) is 27.7 Å². The second kappa shape index (κ2) is 1.92. The Bertz CT molecular complexity index is 414. The van der Waals surface area contributed by atoms with Crippen molar-refractivity contribution in [3.05, 3.63) is 0 Å². The molecule has 5 fully saturated rings. The van der Waals surface area contributed by atoms with Crippen molar-refractivity contribution in [3.8, 4) is 0 Å². The number of ether oxygens (including phenoxy) is 1. The largest absolute Gasteiger partial charge is 0.369 e. The van der Waals surface area contributed by atoms with Crippen molar-refractivity contribution in [3.63, 3.8) is 0 Å². The lowest BCUT2D eigenvalue weighted by Gasteiger charge is -2.36. The summed E-state index contributed by atoms with van der Waals surface area (Å²) >= 11 is 0. The predicted octanol–water partition coefficient (Wildman–Crippen LogP) is 3.09. The number of hydrogen-bond donors (Lipinski definition) is 0. The Balaban J connectivity index is 1.78. The quantitative estimate of drug-likeness (QED) is 0.569. The first-order valence-electron chi connectivity index (χ1n) is 7.14. The minimum absolute atomic E-state index is 0.548. The Morgan fingerprint density at radius 3 is 2.44 bits per heavy atom. The van der Waals surface area contributed by atoms with Gasteiger partial charge in [0.15, 0.2) is 0 Å². The van der Waals surface area contributed by atoms with E-state index < -0.39 is 0 Å². The Hall–Kier alpha value is -0.0400. The zero-order valence-electron chi connectivity index (χ0n) is 10.8. The molecule has 8 atom stereocenters. The summed E-state index contributed by atoms with van der Waals surface area (Å²) in [7, 11) is 0. The third-order valence-electron chi connectivity index (χ3n) is 7.86. The van der Waals surface area contributed by atoms with Crippen LogP contribution in [0.5, 0.6) is 0 Å². The first-order valence-corrected chi connectivity index (χ1v) is 7.14. The molecule has 1 nitrogen and oxygen atoms in total. The third-order valence-corrected chi connectivity index (χ3v) is 7.86. The molecule has 5 rings (SSSR count). The fraction of sp³-hybridized carbons (Fsp3) is 1.00. The highest BCUT2D eigenvalue weighted by Crippen LogP contribution is 2.97. The molecule has 1 saturated heterocycles. The van der Waals surface area contributed by atoms with Gasteiger partial charge in [-0.25, -0.2) is 0 Å². The molecule has 0 aromatic carbocycles. The monoisotopic (exact) mass is 218 g/mol. The van der Waals surface area contributed by atoms with Crippen molar-refractivity contribution < 1.29 is 4.74 Å². The van der Waals surface area contributed by atoms with E-state index in [1.165, 1.54) is 12.8 Å². The van der Waals surface area contributed by atoms with Crippen LogP contribution in [0.25, 0.3) is 0 Å². The molecule has 0 bridgehead atoms. The summed E-state index contributed by atoms with van der Waals surface area (Å²) < 4.78 is 5.99. The van der Waals surface area contributed by atoms with E-state index in [4.69, 9.17) is 4.74 Å². The fourth-order valence-electron chi connectivity index (χ4n) is 7.89. The molecule has 1 aliphatic heterocycles. The van der Waals surface area contributed by atoms with Gasteiger partial charge in [0, 0.05) is 5.92 Å². The first kappa shape index (κ1) is 8.97. The van der Waals surface area contributed by atoms with Crippen LogP contribution in [0.2, 0.25) is 0 Å². The smallest absolute Gasteiger partial charge is 0.0884 e. The van der Waals surface area contributed by atoms with Crippen molar-refractivity contribution in [1.29, 1.82) is 0 Å². The zero-order chi connectivity index (χ0) is 11.1. The van der Waals surface area contributed by atoms with Gasteiger partial charge in [0.1, 0.15) is 0 Å². The Morgan fingerprint density at radius 1 is 1.00 bits per heavy atom. The third kappa shape index (κ3) is 0.508. The Morgan fingerprint density at radius 2 is 1.69 bits per heavy atom. The van der Waals surface area contributed by atoms with E-state index >= 15 is 0 Å². The van der Waals surface area contributed by atoms with Crippen LogP contribution in [0.15, 0.2) is 0 Å². The molecule has 4 aliphatic carbocycles. The minimum atomic E-state index is 0.548. The molecule has 5 aliphatic rings. The molecule has 4 unspecified atom stereocenters. The van der Waals surface area contributed by atoms with Gasteiger partial charge in [-0.15, -0.1) is 0 Å². The summed E-state index contributed by atoms with van der Waals surface area (Å²) in [5.41, 5.74) is 1.93. The second-order valence-electron chi connectivity index (χ2n) is 8.09. The molecule has 0 N–H and O–H groups in total. The maximum absolute atomic E-state index is 5.99. The SMILES string of the molecule is CC1CC[C@H]2C(C)(C)[C@@H]3[C@H]4OC4C4C12[C@@]43C. The van der Waals surface area contributed by atoms with Crippen molar-refractivity contribution in [2.75, 3.05) is 0 Å². The first-order chi connectivity index (χ1) is 7.48. The fourth-order valence-corrected chi connectivity index (χ4v) is 7.89. The maximum Gasteiger partial charge on any atom is 0.0884 e. The normalized spacial score (nSPS) is 75.8. The summed E-state index contributed by atoms with van der Waals surface area (Å²) in [6.07, 6.45) is 4.31. The van der Waals surface area contributed by atoms with Crippen LogP contribution >= 0.6 is 0 Å². The van der Waals surface area contributed by atoms with Crippen LogP contribution in [-0.4, -0.2) is 12.2 Å². The van der Waals surface area contributed by atoms with Gasteiger partial charge in [0.25, 0.3) is 0 Å². The van der Waals surface area contributed by atoms with E-state index in [-0.39, 0.29) is 0 Å². The van der Waals surface area contributed by atoms with Crippen LogP contribution in [0.4, 0.5) is 0 Å². The van der Waals surface area contributed by atoms with Crippen LogP contribution in [0, 0.1) is 39.9 Å². The van der Waals surface area contributed by atoms with Crippen LogP contribution in [0.1, 0.15) is 40.5 Å². The average Bonchev–Trinajstić information content (AvgIpc) is 2.93. The van der Waals surface area contributed by atoms with Crippen molar-refractivity contribution >= 4 is 0 Å². The zero-order valence-corrected chi connectivity index (χ0v) is 10.8. The molecule has 1 spiro atoms. The molecular formula is C15H22O. The summed E-state index contributed by atoms with van der Waals surface area (Å²) in [5, 5.41) is 0. The minimum Gasteiger partial charge on any atom is -0.369 e. The summed E-state index contributed by atoms with van der Waals surface area (Å²) in [4.78, 5) is 0. The second-order valence-corrected chi connectivity index (χ2v) is 8.09. The molecule has 0 aromatic rings. The van der Waals surface area contributed by atoms with E-state index in [1.807, 2.05) is 0 Å². The van der Waals surface area contributed by atoms with E-state index in [2.05, 4.69) is 27.7 Å². The highest BCUT2D eigenvalue weighted by molar-refractivity contribution is 5.44. The average molecular weight is 218 g/mol. The van der Waals surface area contributed by atoms with E-state index in [0.29, 0.717) is 28.5 Å². The predicted molar refractivity (Wildman–Crippen MR) is 61.9 cm³/mol. The molecule has 1 heteroatoms. The lowest BCUT2D eigenvalue weighted by molar-refractivity contribution is 0.0681. The molecule has 0 radical (unpaired) electrons. The van der Waals surface area contributed by atoms with E-state index in [0.717, 1.165) is 23.7 Å². The van der Waals surface area contributed by atoms with E-state index in [1.54, 1.807) is 0 Å². The molecular weight excluding hydrogens is 196 g/mol. The van der Waals surface area contributed by atoms with Gasteiger partial charge in [0.2, 0.25) is 0 Å². The van der Waals surface area contributed by atoms with Gasteiger partial charge in [-0.2, -0.15) is 0 Å². The standard InChI is InChI=1S/C15H22O/c1-7-5-6-8-13(2,3)11-9-10(16-9)12-14(11,4)15(7,8)12/h7-12H,5-6H2,1-4H3/t7?,8-,9-,10?,11-,12?,14+,15?/m0/s1.